The molecule has 0 bridgehead atoms. The Bertz CT molecular complexity index is 931. The minimum atomic E-state index is -0.283. The maximum Gasteiger partial charge on any atom is 0.252 e. The van der Waals surface area contributed by atoms with Crippen molar-refractivity contribution in [3.8, 4) is 17.6 Å². The SMILES string of the molecule is N#Cc1ncn(CC(=O)Nc2ccc(Oc3ccccc3Cl)cc2)n1. The van der Waals surface area contributed by atoms with E-state index >= 15 is 0 Å². The highest BCUT2D eigenvalue weighted by molar-refractivity contribution is 6.32. The maximum atomic E-state index is 12.0. The lowest BCUT2D eigenvalue weighted by molar-refractivity contribution is -0.116. The maximum absolute atomic E-state index is 12.0. The van der Waals surface area contributed by atoms with E-state index < -0.39 is 0 Å². The number of hydrogen-bond acceptors (Lipinski definition) is 5. The van der Waals surface area contributed by atoms with Crippen molar-refractivity contribution in [2.75, 3.05) is 5.32 Å². The standard InChI is InChI=1S/C17H12ClN5O2/c18-14-3-1-2-4-15(14)25-13-7-5-12(6-8-13)21-17(24)10-23-11-20-16(9-19)22-23/h1-8,11H,10H2,(H,21,24). The van der Waals surface area contributed by atoms with Crippen molar-refractivity contribution in [1.29, 1.82) is 5.26 Å². The number of ether oxygens (including phenoxy) is 1. The summed E-state index contributed by atoms with van der Waals surface area (Å²) < 4.78 is 6.98. The third-order valence-corrected chi connectivity index (χ3v) is 3.46. The first-order valence-electron chi connectivity index (χ1n) is 7.26. The van der Waals surface area contributed by atoms with Gasteiger partial charge in [-0.05, 0) is 36.4 Å². The van der Waals surface area contributed by atoms with Gasteiger partial charge in [0.05, 0.1) is 5.02 Å². The van der Waals surface area contributed by atoms with E-state index in [-0.39, 0.29) is 18.3 Å². The highest BCUT2D eigenvalue weighted by atomic mass is 35.5. The van der Waals surface area contributed by atoms with E-state index in [0.717, 1.165) is 0 Å². The second-order valence-corrected chi connectivity index (χ2v) is 5.39. The molecule has 0 spiro atoms. The number of aromatic nitrogens is 3. The Balaban J connectivity index is 1.59. The van der Waals surface area contributed by atoms with Gasteiger partial charge in [0.15, 0.2) is 0 Å². The first-order chi connectivity index (χ1) is 12.1. The number of carbonyl (C=O) groups is 1. The number of anilines is 1. The van der Waals surface area contributed by atoms with Gasteiger partial charge in [-0.25, -0.2) is 9.67 Å². The molecule has 0 aliphatic rings. The summed E-state index contributed by atoms with van der Waals surface area (Å²) in [5, 5.41) is 15.7. The first-order valence-corrected chi connectivity index (χ1v) is 7.64. The van der Waals surface area contributed by atoms with E-state index in [1.165, 1.54) is 11.0 Å². The van der Waals surface area contributed by atoms with Crippen LogP contribution in [-0.2, 0) is 11.3 Å². The molecular weight excluding hydrogens is 342 g/mol. The molecule has 1 heterocycles. The first kappa shape index (κ1) is 16.5. The minimum Gasteiger partial charge on any atom is -0.456 e. The molecule has 8 heteroatoms. The normalized spacial score (nSPS) is 10.1. The Labute approximate surface area is 148 Å². The van der Waals surface area contributed by atoms with Crippen molar-refractivity contribution in [2.45, 2.75) is 6.54 Å². The third-order valence-electron chi connectivity index (χ3n) is 3.14. The van der Waals surface area contributed by atoms with Gasteiger partial charge in [0.25, 0.3) is 5.82 Å². The van der Waals surface area contributed by atoms with Gasteiger partial charge < -0.3 is 10.1 Å². The highest BCUT2D eigenvalue weighted by Crippen LogP contribution is 2.29. The molecule has 124 valence electrons. The van der Waals surface area contributed by atoms with Crippen LogP contribution in [0.1, 0.15) is 5.82 Å². The topological polar surface area (TPSA) is 92.8 Å². The van der Waals surface area contributed by atoms with E-state index in [2.05, 4.69) is 15.4 Å². The van der Waals surface area contributed by atoms with Crippen LogP contribution in [0.5, 0.6) is 11.5 Å². The predicted octanol–water partition coefficient (Wildman–Crippen LogP) is 3.23. The second kappa shape index (κ2) is 7.47. The largest absolute Gasteiger partial charge is 0.456 e. The Morgan fingerprint density at radius 1 is 1.24 bits per heavy atom. The minimum absolute atomic E-state index is 0.0221. The fourth-order valence-electron chi connectivity index (χ4n) is 2.03. The molecular formula is C17H12ClN5O2. The van der Waals surface area contributed by atoms with Crippen molar-refractivity contribution in [2.24, 2.45) is 0 Å². The van der Waals surface area contributed by atoms with Crippen LogP contribution in [0.25, 0.3) is 0 Å². The molecule has 3 aromatic rings. The van der Waals surface area contributed by atoms with E-state index in [0.29, 0.717) is 22.2 Å². The summed E-state index contributed by atoms with van der Waals surface area (Å²) in [6, 6.07) is 15.8. The molecule has 1 N–H and O–H groups in total. The van der Waals surface area contributed by atoms with Gasteiger partial charge in [-0.2, -0.15) is 5.26 Å². The van der Waals surface area contributed by atoms with Crippen LogP contribution in [-0.4, -0.2) is 20.7 Å². The van der Waals surface area contributed by atoms with Crippen LogP contribution < -0.4 is 10.1 Å². The summed E-state index contributed by atoms with van der Waals surface area (Å²) in [6.07, 6.45) is 1.33. The van der Waals surface area contributed by atoms with Gasteiger partial charge in [0, 0.05) is 5.69 Å². The number of nitrogens with one attached hydrogen (secondary N) is 1. The van der Waals surface area contributed by atoms with Crippen LogP contribution in [0.3, 0.4) is 0 Å². The fourth-order valence-corrected chi connectivity index (χ4v) is 2.20. The lowest BCUT2D eigenvalue weighted by Crippen LogP contribution is -2.19. The highest BCUT2D eigenvalue weighted by Gasteiger charge is 2.07. The average molecular weight is 354 g/mol. The van der Waals surface area contributed by atoms with Crippen molar-refractivity contribution < 1.29 is 9.53 Å². The van der Waals surface area contributed by atoms with E-state index in [1.54, 1.807) is 42.5 Å². The van der Waals surface area contributed by atoms with Crippen molar-refractivity contribution in [3.63, 3.8) is 0 Å². The van der Waals surface area contributed by atoms with Gasteiger partial charge in [-0.3, -0.25) is 4.79 Å². The number of halogens is 1. The molecule has 0 saturated carbocycles. The molecule has 1 aromatic heterocycles. The number of amides is 1. The zero-order chi connectivity index (χ0) is 17.6. The Hall–Kier alpha value is -3.37. The monoisotopic (exact) mass is 353 g/mol. The molecule has 0 aliphatic heterocycles. The van der Waals surface area contributed by atoms with Crippen LogP contribution in [0.15, 0.2) is 54.9 Å². The Morgan fingerprint density at radius 3 is 2.68 bits per heavy atom. The van der Waals surface area contributed by atoms with Crippen molar-refractivity contribution in [1.82, 2.24) is 14.8 Å². The quantitative estimate of drug-likeness (QED) is 0.760. The number of para-hydroxylation sites is 1. The van der Waals surface area contributed by atoms with Crippen LogP contribution in [0.4, 0.5) is 5.69 Å². The zero-order valence-electron chi connectivity index (χ0n) is 12.9. The summed E-state index contributed by atoms with van der Waals surface area (Å²) >= 11 is 6.05. The summed E-state index contributed by atoms with van der Waals surface area (Å²) in [6.45, 7) is -0.0352. The van der Waals surface area contributed by atoms with Gasteiger partial charge in [-0.1, -0.05) is 23.7 Å². The third kappa shape index (κ3) is 4.34. The van der Waals surface area contributed by atoms with Crippen molar-refractivity contribution in [3.05, 3.63) is 65.7 Å². The lowest BCUT2D eigenvalue weighted by Gasteiger charge is -2.09. The van der Waals surface area contributed by atoms with Crippen LogP contribution >= 0.6 is 11.6 Å². The molecule has 0 fully saturated rings. The number of nitrogens with zero attached hydrogens (tertiary/aromatic N) is 4. The number of benzene rings is 2. The molecule has 0 aliphatic carbocycles. The molecule has 7 nitrogen and oxygen atoms in total. The fraction of sp³-hybridized carbons (Fsp3) is 0.0588. The molecule has 2 aromatic carbocycles. The summed E-state index contributed by atoms with van der Waals surface area (Å²) in [5.41, 5.74) is 0.608. The molecule has 0 radical (unpaired) electrons. The summed E-state index contributed by atoms with van der Waals surface area (Å²) in [4.78, 5) is 15.7. The zero-order valence-corrected chi connectivity index (χ0v) is 13.6. The number of carbonyl (C=O) groups excluding carboxylic acids is 1. The Morgan fingerprint density at radius 2 is 2.00 bits per heavy atom. The van der Waals surface area contributed by atoms with E-state index in [9.17, 15) is 4.79 Å². The molecule has 1 amide bonds. The second-order valence-electron chi connectivity index (χ2n) is 4.98. The van der Waals surface area contributed by atoms with E-state index in [1.807, 2.05) is 12.1 Å². The molecule has 0 atom stereocenters. The summed E-state index contributed by atoms with van der Waals surface area (Å²) in [7, 11) is 0. The van der Waals surface area contributed by atoms with Gasteiger partial charge in [0.2, 0.25) is 5.91 Å². The van der Waals surface area contributed by atoms with Crippen LogP contribution in [0, 0.1) is 11.3 Å². The molecule has 0 unspecified atom stereocenters. The van der Waals surface area contributed by atoms with Crippen molar-refractivity contribution >= 4 is 23.2 Å². The Kier molecular flexibility index (Phi) is 4.92. The number of rotatable bonds is 5. The number of hydrogen-bond donors (Lipinski definition) is 1. The summed E-state index contributed by atoms with van der Waals surface area (Å²) in [5.74, 6) is 0.893. The molecule has 3 rings (SSSR count). The molecule has 0 saturated heterocycles. The van der Waals surface area contributed by atoms with E-state index in [4.69, 9.17) is 21.6 Å². The molecule has 25 heavy (non-hydrogen) atoms. The van der Waals surface area contributed by atoms with Crippen LogP contribution in [0.2, 0.25) is 5.02 Å². The van der Waals surface area contributed by atoms with Gasteiger partial charge in [0.1, 0.15) is 30.4 Å². The average Bonchev–Trinajstić information content (AvgIpc) is 3.06. The smallest absolute Gasteiger partial charge is 0.252 e. The number of nitriles is 1. The van der Waals surface area contributed by atoms with Gasteiger partial charge in [-0.15, -0.1) is 5.10 Å². The van der Waals surface area contributed by atoms with Gasteiger partial charge >= 0.3 is 0 Å². The predicted molar refractivity (Wildman–Crippen MR) is 91.3 cm³/mol. The lowest BCUT2D eigenvalue weighted by atomic mass is 10.3.